The molecule has 1 aromatic carbocycles. The normalized spacial score (nSPS) is 25.1. The minimum absolute atomic E-state index is 0.285. The zero-order valence-electron chi connectivity index (χ0n) is 11.9. The molecule has 1 atom stereocenters. The summed E-state index contributed by atoms with van der Waals surface area (Å²) in [6.07, 6.45) is 6.22. The van der Waals surface area contributed by atoms with Crippen molar-refractivity contribution in [1.29, 1.82) is 0 Å². The first kappa shape index (κ1) is 14.9. The molecule has 1 aliphatic rings. The molecule has 1 saturated carbocycles. The predicted molar refractivity (Wildman–Crippen MR) is 83.5 cm³/mol. The fraction of sp³-hybridized carbons (Fsp3) is 0.625. The summed E-state index contributed by atoms with van der Waals surface area (Å²) in [7, 11) is 1.69. The van der Waals surface area contributed by atoms with Crippen molar-refractivity contribution in [2.75, 3.05) is 7.11 Å². The van der Waals surface area contributed by atoms with Crippen LogP contribution in [0.5, 0.6) is 5.75 Å². The van der Waals surface area contributed by atoms with Crippen LogP contribution in [0.2, 0.25) is 0 Å². The molecule has 0 spiro atoms. The second-order valence-corrected chi connectivity index (χ2v) is 6.71. The summed E-state index contributed by atoms with van der Waals surface area (Å²) >= 11 is 3.54. The van der Waals surface area contributed by atoms with Gasteiger partial charge in [0.1, 0.15) is 5.75 Å². The highest BCUT2D eigenvalue weighted by Gasteiger charge is 2.23. The van der Waals surface area contributed by atoms with Crippen LogP contribution in [0.3, 0.4) is 0 Å². The topological polar surface area (TPSA) is 35.2 Å². The summed E-state index contributed by atoms with van der Waals surface area (Å²) in [6, 6.07) is 6.54. The zero-order chi connectivity index (χ0) is 13.8. The van der Waals surface area contributed by atoms with Crippen LogP contribution in [0.1, 0.15) is 38.2 Å². The first-order chi connectivity index (χ1) is 9.10. The van der Waals surface area contributed by atoms with Crippen molar-refractivity contribution in [2.24, 2.45) is 17.6 Å². The SMILES string of the molecule is COc1ccc(CC(N)C2CCC(C)CC2)cc1Br. The van der Waals surface area contributed by atoms with E-state index >= 15 is 0 Å². The third-order valence-electron chi connectivity index (χ3n) is 4.35. The van der Waals surface area contributed by atoms with Gasteiger partial charge in [-0.3, -0.25) is 0 Å². The molecule has 0 heterocycles. The van der Waals surface area contributed by atoms with E-state index in [1.165, 1.54) is 31.2 Å². The molecule has 0 bridgehead atoms. The van der Waals surface area contributed by atoms with Crippen LogP contribution in [0.25, 0.3) is 0 Å². The average molecular weight is 326 g/mol. The largest absolute Gasteiger partial charge is 0.496 e. The molecule has 0 saturated heterocycles. The van der Waals surface area contributed by atoms with Gasteiger partial charge < -0.3 is 10.5 Å². The van der Waals surface area contributed by atoms with Gasteiger partial charge in [-0.15, -0.1) is 0 Å². The number of rotatable bonds is 4. The molecule has 2 rings (SSSR count). The monoisotopic (exact) mass is 325 g/mol. The van der Waals surface area contributed by atoms with Crippen LogP contribution in [0.15, 0.2) is 22.7 Å². The number of halogens is 1. The summed E-state index contributed by atoms with van der Waals surface area (Å²) in [5.74, 6) is 2.46. The van der Waals surface area contributed by atoms with Crippen LogP contribution in [0, 0.1) is 11.8 Å². The molecule has 0 radical (unpaired) electrons. The molecule has 2 N–H and O–H groups in total. The Kier molecular flexibility index (Phi) is 5.28. The molecular formula is C16H24BrNO. The van der Waals surface area contributed by atoms with E-state index in [0.717, 1.165) is 22.6 Å². The number of methoxy groups -OCH3 is 1. The van der Waals surface area contributed by atoms with Crippen LogP contribution in [-0.4, -0.2) is 13.2 Å². The van der Waals surface area contributed by atoms with Crippen LogP contribution in [-0.2, 0) is 6.42 Å². The number of benzene rings is 1. The number of hydrogen-bond acceptors (Lipinski definition) is 2. The Bertz CT molecular complexity index is 413. The highest BCUT2D eigenvalue weighted by Crippen LogP contribution is 2.32. The lowest BCUT2D eigenvalue weighted by atomic mass is 9.78. The Balaban J connectivity index is 1.95. The number of nitrogens with two attached hydrogens (primary N) is 1. The fourth-order valence-corrected chi connectivity index (χ4v) is 3.58. The molecule has 0 aromatic heterocycles. The van der Waals surface area contributed by atoms with Gasteiger partial charge in [-0.05, 0) is 64.7 Å². The molecule has 2 nitrogen and oxygen atoms in total. The molecule has 1 unspecified atom stereocenters. The van der Waals surface area contributed by atoms with E-state index in [1.807, 2.05) is 6.07 Å². The van der Waals surface area contributed by atoms with Crippen LogP contribution >= 0.6 is 15.9 Å². The van der Waals surface area contributed by atoms with Gasteiger partial charge in [-0.1, -0.05) is 25.8 Å². The van der Waals surface area contributed by atoms with Crippen LogP contribution < -0.4 is 10.5 Å². The van der Waals surface area contributed by atoms with E-state index in [0.29, 0.717) is 5.92 Å². The van der Waals surface area contributed by atoms with Gasteiger partial charge in [0.2, 0.25) is 0 Å². The van der Waals surface area contributed by atoms with E-state index in [9.17, 15) is 0 Å². The first-order valence-electron chi connectivity index (χ1n) is 7.18. The Morgan fingerprint density at radius 2 is 2.00 bits per heavy atom. The molecular weight excluding hydrogens is 302 g/mol. The highest BCUT2D eigenvalue weighted by molar-refractivity contribution is 9.10. The van der Waals surface area contributed by atoms with E-state index in [2.05, 4.69) is 35.0 Å². The average Bonchev–Trinajstić information content (AvgIpc) is 2.39. The number of hydrogen-bond donors (Lipinski definition) is 1. The molecule has 1 aliphatic carbocycles. The quantitative estimate of drug-likeness (QED) is 0.902. The third kappa shape index (κ3) is 3.96. The van der Waals surface area contributed by atoms with E-state index in [4.69, 9.17) is 10.5 Å². The molecule has 0 aliphatic heterocycles. The number of ether oxygens (including phenoxy) is 1. The molecule has 3 heteroatoms. The maximum absolute atomic E-state index is 6.40. The molecule has 19 heavy (non-hydrogen) atoms. The molecule has 1 fully saturated rings. The summed E-state index contributed by atoms with van der Waals surface area (Å²) in [4.78, 5) is 0. The van der Waals surface area contributed by atoms with Gasteiger partial charge in [0.25, 0.3) is 0 Å². The fourth-order valence-electron chi connectivity index (χ4n) is 2.99. The molecule has 106 valence electrons. The smallest absolute Gasteiger partial charge is 0.133 e. The third-order valence-corrected chi connectivity index (χ3v) is 4.97. The minimum atomic E-state index is 0.285. The highest BCUT2D eigenvalue weighted by atomic mass is 79.9. The Morgan fingerprint density at radius 3 is 2.58 bits per heavy atom. The lowest BCUT2D eigenvalue weighted by Crippen LogP contribution is -2.34. The lowest BCUT2D eigenvalue weighted by Gasteiger charge is -2.30. The Hall–Kier alpha value is -0.540. The van der Waals surface area contributed by atoms with Crippen molar-refractivity contribution < 1.29 is 4.74 Å². The van der Waals surface area contributed by atoms with E-state index < -0.39 is 0 Å². The maximum Gasteiger partial charge on any atom is 0.133 e. The van der Waals surface area contributed by atoms with Gasteiger partial charge >= 0.3 is 0 Å². The maximum atomic E-state index is 6.40. The van der Waals surface area contributed by atoms with E-state index in [-0.39, 0.29) is 6.04 Å². The minimum Gasteiger partial charge on any atom is -0.496 e. The van der Waals surface area contributed by atoms with Gasteiger partial charge in [0.05, 0.1) is 11.6 Å². The second kappa shape index (κ2) is 6.76. The Morgan fingerprint density at radius 1 is 1.32 bits per heavy atom. The lowest BCUT2D eigenvalue weighted by molar-refractivity contribution is 0.253. The zero-order valence-corrected chi connectivity index (χ0v) is 13.4. The standard InChI is InChI=1S/C16H24BrNO/c1-11-3-6-13(7-4-11)15(18)10-12-5-8-16(19-2)14(17)9-12/h5,8-9,11,13,15H,3-4,6-7,10,18H2,1-2H3. The summed E-state index contributed by atoms with van der Waals surface area (Å²) in [5.41, 5.74) is 7.69. The Labute approximate surface area is 124 Å². The first-order valence-corrected chi connectivity index (χ1v) is 7.97. The summed E-state index contributed by atoms with van der Waals surface area (Å²) in [5, 5.41) is 0. The predicted octanol–water partition coefficient (Wildman–Crippen LogP) is 4.15. The summed E-state index contributed by atoms with van der Waals surface area (Å²) in [6.45, 7) is 2.35. The van der Waals surface area contributed by atoms with Gasteiger partial charge in [-0.2, -0.15) is 0 Å². The van der Waals surface area contributed by atoms with Crippen LogP contribution in [0.4, 0.5) is 0 Å². The molecule has 0 amide bonds. The van der Waals surface area contributed by atoms with E-state index in [1.54, 1.807) is 7.11 Å². The van der Waals surface area contributed by atoms with Crippen molar-refractivity contribution in [1.82, 2.24) is 0 Å². The van der Waals surface area contributed by atoms with Gasteiger partial charge in [-0.25, -0.2) is 0 Å². The van der Waals surface area contributed by atoms with Crippen molar-refractivity contribution in [3.63, 3.8) is 0 Å². The second-order valence-electron chi connectivity index (χ2n) is 5.86. The molecule has 1 aromatic rings. The van der Waals surface area contributed by atoms with Crippen molar-refractivity contribution in [3.05, 3.63) is 28.2 Å². The van der Waals surface area contributed by atoms with Gasteiger partial charge in [0, 0.05) is 6.04 Å². The van der Waals surface area contributed by atoms with Crippen molar-refractivity contribution in [3.8, 4) is 5.75 Å². The van der Waals surface area contributed by atoms with Crippen molar-refractivity contribution >= 4 is 15.9 Å². The van der Waals surface area contributed by atoms with Crippen molar-refractivity contribution in [2.45, 2.75) is 45.1 Å². The van der Waals surface area contributed by atoms with Gasteiger partial charge in [0.15, 0.2) is 0 Å². The summed E-state index contributed by atoms with van der Waals surface area (Å²) < 4.78 is 6.27.